The maximum Gasteiger partial charge on any atom is 0.270 e. The van der Waals surface area contributed by atoms with Gasteiger partial charge in [-0.25, -0.2) is 9.97 Å². The van der Waals surface area contributed by atoms with Gasteiger partial charge in [0, 0.05) is 48.1 Å². The van der Waals surface area contributed by atoms with Crippen LogP contribution in [0, 0.1) is 0 Å². The van der Waals surface area contributed by atoms with E-state index in [0.717, 1.165) is 53.9 Å². The maximum atomic E-state index is 13.0. The van der Waals surface area contributed by atoms with E-state index in [4.69, 9.17) is 0 Å². The highest BCUT2D eigenvalue weighted by Gasteiger charge is 2.25. The monoisotopic (exact) mass is 475 g/mol. The van der Waals surface area contributed by atoms with E-state index in [1.165, 1.54) is 0 Å². The Morgan fingerprint density at radius 2 is 1.91 bits per heavy atom. The minimum atomic E-state index is 0.0595. The summed E-state index contributed by atoms with van der Waals surface area (Å²) in [5.41, 5.74) is 3.95. The molecule has 1 fully saturated rings. The number of allylic oxidation sites excluding steroid dienone is 1. The minimum Gasteiger partial charge on any atom is -0.351 e. The van der Waals surface area contributed by atoms with E-state index in [1.807, 2.05) is 69.0 Å². The molecule has 2 aromatic heterocycles. The topological polar surface area (TPSA) is 89.5 Å². The van der Waals surface area contributed by atoms with Crippen molar-refractivity contribution in [1.82, 2.24) is 24.8 Å². The van der Waals surface area contributed by atoms with E-state index in [0.29, 0.717) is 17.7 Å². The fraction of sp³-hybridized carbons (Fsp3) is 0.407. The highest BCUT2D eigenvalue weighted by atomic mass is 16.2. The third kappa shape index (κ3) is 6.33. The Labute approximate surface area is 208 Å². The van der Waals surface area contributed by atoms with Gasteiger partial charge in [0.25, 0.3) is 5.91 Å². The van der Waals surface area contributed by atoms with Crippen LogP contribution in [0.5, 0.6) is 0 Å². The molecule has 35 heavy (non-hydrogen) atoms. The first kappa shape index (κ1) is 26.1. The lowest BCUT2D eigenvalue weighted by molar-refractivity contribution is 0.0658. The summed E-state index contributed by atoms with van der Waals surface area (Å²) in [7, 11) is 4.20. The van der Waals surface area contributed by atoms with Gasteiger partial charge < -0.3 is 20.1 Å². The molecule has 4 rings (SSSR count). The maximum absolute atomic E-state index is 13.0. The zero-order valence-electron chi connectivity index (χ0n) is 21.7. The number of carbonyl (C=O) groups is 1. The van der Waals surface area contributed by atoms with Gasteiger partial charge in [-0.1, -0.05) is 19.9 Å². The summed E-state index contributed by atoms with van der Waals surface area (Å²) in [4.78, 5) is 33.8. The van der Waals surface area contributed by atoms with Gasteiger partial charge in [-0.2, -0.15) is 0 Å². The van der Waals surface area contributed by atoms with Crippen molar-refractivity contribution in [2.75, 3.05) is 32.5 Å². The fourth-order valence-electron chi connectivity index (χ4n) is 4.20. The van der Waals surface area contributed by atoms with E-state index in [1.54, 1.807) is 12.4 Å². The van der Waals surface area contributed by atoms with Crippen LogP contribution in [0.1, 0.15) is 56.7 Å². The molecule has 1 aliphatic rings. The van der Waals surface area contributed by atoms with E-state index in [2.05, 4.69) is 44.3 Å². The second-order valence-electron chi connectivity index (χ2n) is 8.42. The number of H-pyrrole nitrogens is 1. The zero-order valence-corrected chi connectivity index (χ0v) is 21.7. The summed E-state index contributed by atoms with van der Waals surface area (Å²) < 4.78 is 0. The molecular formula is C27H37N7O. The normalized spacial score (nSPS) is 14.9. The Morgan fingerprint density at radius 3 is 2.57 bits per heavy atom. The van der Waals surface area contributed by atoms with Gasteiger partial charge in [0.05, 0.1) is 11.4 Å². The number of aromatic amines is 1. The summed E-state index contributed by atoms with van der Waals surface area (Å²) >= 11 is 0. The van der Waals surface area contributed by atoms with Crippen molar-refractivity contribution in [3.8, 4) is 0 Å². The van der Waals surface area contributed by atoms with Gasteiger partial charge in [-0.3, -0.25) is 9.79 Å². The number of hydrogen-bond acceptors (Lipinski definition) is 6. The molecule has 1 saturated heterocycles. The Bertz CT molecular complexity index is 1190. The molecule has 0 atom stereocenters. The van der Waals surface area contributed by atoms with E-state index < -0.39 is 0 Å². The van der Waals surface area contributed by atoms with Crippen molar-refractivity contribution < 1.29 is 4.79 Å². The number of benzene rings is 1. The highest BCUT2D eigenvalue weighted by Crippen LogP contribution is 2.24. The molecule has 1 aliphatic heterocycles. The molecule has 3 aromatic rings. The molecule has 0 bridgehead atoms. The lowest BCUT2D eigenvalue weighted by Gasteiger charge is -2.35. The SMILES string of the molecule is CC.CC=N/C(=C\C)c1ccnc(Nc2ccc3[nH]c(C(=O)N4CCC(N(C)C)CC4)cc3c2)n1. The molecule has 1 aromatic carbocycles. The molecule has 0 saturated carbocycles. The van der Waals surface area contributed by atoms with Gasteiger partial charge in [0.1, 0.15) is 5.69 Å². The predicted molar refractivity (Wildman–Crippen MR) is 145 cm³/mol. The number of nitrogens with one attached hydrogen (secondary N) is 2. The molecular weight excluding hydrogens is 438 g/mol. The lowest BCUT2D eigenvalue weighted by Crippen LogP contribution is -2.44. The molecule has 8 heteroatoms. The standard InChI is InChI=1S/C25H31N7O.C2H6/c1-5-20(26-6-2)22-9-12-27-25(30-22)28-18-7-8-21-17(15-18)16-23(29-21)24(33)32-13-10-19(11-14-32)31(3)4;1-2/h5-9,12,15-16,19,29H,10-11,13-14H2,1-4H3,(H,27,28,30);1-2H3/b20-5-,26-6?;. The quantitative estimate of drug-likeness (QED) is 0.470. The number of anilines is 2. The third-order valence-corrected chi connectivity index (χ3v) is 6.05. The fourth-order valence-corrected chi connectivity index (χ4v) is 4.20. The number of nitrogens with zero attached hydrogens (tertiary/aromatic N) is 5. The summed E-state index contributed by atoms with van der Waals surface area (Å²) in [5, 5.41) is 4.22. The van der Waals surface area contributed by atoms with E-state index in [-0.39, 0.29) is 5.91 Å². The van der Waals surface area contributed by atoms with Crippen molar-refractivity contribution in [3.63, 3.8) is 0 Å². The first-order chi connectivity index (χ1) is 17.0. The van der Waals surface area contributed by atoms with E-state index in [9.17, 15) is 4.79 Å². The molecule has 0 aliphatic carbocycles. The summed E-state index contributed by atoms with van der Waals surface area (Å²) in [6, 6.07) is 10.2. The number of aliphatic imine (C=N–C) groups is 1. The van der Waals surface area contributed by atoms with Gasteiger partial charge in [-0.05, 0) is 71.1 Å². The Balaban J connectivity index is 0.00000167. The molecule has 1 amide bonds. The van der Waals surface area contributed by atoms with E-state index >= 15 is 0 Å². The van der Waals surface area contributed by atoms with Crippen LogP contribution >= 0.6 is 0 Å². The molecule has 8 nitrogen and oxygen atoms in total. The Morgan fingerprint density at radius 1 is 1.17 bits per heavy atom. The van der Waals surface area contributed by atoms with Gasteiger partial charge in [0.15, 0.2) is 0 Å². The zero-order chi connectivity index (χ0) is 25.4. The van der Waals surface area contributed by atoms with Crippen molar-refractivity contribution >= 4 is 40.4 Å². The number of fused-ring (bicyclic) bond motifs is 1. The lowest BCUT2D eigenvalue weighted by atomic mass is 10.0. The second kappa shape index (κ2) is 12.3. The number of aromatic nitrogens is 3. The highest BCUT2D eigenvalue weighted by molar-refractivity contribution is 5.98. The molecule has 0 unspecified atom stereocenters. The first-order valence-electron chi connectivity index (χ1n) is 12.3. The van der Waals surface area contributed by atoms with Gasteiger partial charge in [-0.15, -0.1) is 0 Å². The molecule has 0 spiro atoms. The largest absolute Gasteiger partial charge is 0.351 e. The number of amides is 1. The van der Waals surface area contributed by atoms with Crippen molar-refractivity contribution in [2.24, 2.45) is 4.99 Å². The van der Waals surface area contributed by atoms with Gasteiger partial charge >= 0.3 is 0 Å². The van der Waals surface area contributed by atoms with Crippen LogP contribution in [-0.2, 0) is 0 Å². The molecule has 186 valence electrons. The molecule has 2 N–H and O–H groups in total. The smallest absolute Gasteiger partial charge is 0.270 e. The first-order valence-corrected chi connectivity index (χ1v) is 12.3. The van der Waals surface area contributed by atoms with Crippen molar-refractivity contribution in [3.05, 3.63) is 54.0 Å². The van der Waals surface area contributed by atoms with Crippen LogP contribution in [0.15, 0.2) is 47.6 Å². The summed E-state index contributed by atoms with van der Waals surface area (Å²) in [6.45, 7) is 9.38. The minimum absolute atomic E-state index is 0.0595. The van der Waals surface area contributed by atoms with Crippen LogP contribution in [0.25, 0.3) is 16.6 Å². The average molecular weight is 476 g/mol. The van der Waals surface area contributed by atoms with Crippen LogP contribution in [0.3, 0.4) is 0 Å². The number of piperidine rings is 1. The van der Waals surface area contributed by atoms with Crippen LogP contribution in [-0.4, -0.2) is 70.1 Å². The van der Waals surface area contributed by atoms with Gasteiger partial charge in [0.2, 0.25) is 5.95 Å². The second-order valence-corrected chi connectivity index (χ2v) is 8.42. The van der Waals surface area contributed by atoms with Crippen molar-refractivity contribution in [2.45, 2.75) is 46.6 Å². The number of likely N-dealkylation sites (tertiary alicyclic amines) is 1. The molecule has 0 radical (unpaired) electrons. The van der Waals surface area contributed by atoms with Crippen LogP contribution in [0.2, 0.25) is 0 Å². The van der Waals surface area contributed by atoms with Crippen LogP contribution in [0.4, 0.5) is 11.6 Å². The number of hydrogen-bond donors (Lipinski definition) is 2. The van der Waals surface area contributed by atoms with Crippen molar-refractivity contribution in [1.29, 1.82) is 0 Å². The Hall–Kier alpha value is -3.52. The van der Waals surface area contributed by atoms with Crippen LogP contribution < -0.4 is 5.32 Å². The predicted octanol–water partition coefficient (Wildman–Crippen LogP) is 5.35. The summed E-state index contributed by atoms with van der Waals surface area (Å²) in [5.74, 6) is 0.553. The molecule has 3 heterocycles. The third-order valence-electron chi connectivity index (χ3n) is 6.05. The Kier molecular flexibility index (Phi) is 9.14. The summed E-state index contributed by atoms with van der Waals surface area (Å²) in [6.07, 6.45) is 7.38. The number of carbonyl (C=O) groups excluding carboxylic acids is 1. The average Bonchev–Trinajstić information content (AvgIpc) is 3.31. The number of rotatable bonds is 6.